The van der Waals surface area contributed by atoms with Gasteiger partial charge in [-0.25, -0.2) is 0 Å². The molecule has 0 radical (unpaired) electrons. The second-order valence-electron chi connectivity index (χ2n) is 4.81. The molecule has 16 heavy (non-hydrogen) atoms. The van der Waals surface area contributed by atoms with Gasteiger partial charge < -0.3 is 9.84 Å². The summed E-state index contributed by atoms with van der Waals surface area (Å²) >= 11 is 0. The molecule has 3 heteroatoms. The third-order valence-electron chi connectivity index (χ3n) is 3.58. The van der Waals surface area contributed by atoms with Crippen molar-refractivity contribution in [2.75, 3.05) is 6.61 Å². The van der Waals surface area contributed by atoms with Crippen molar-refractivity contribution in [2.45, 2.75) is 58.5 Å². The third kappa shape index (κ3) is 4.12. The number of ether oxygens (including phenoxy) is 1. The van der Waals surface area contributed by atoms with Gasteiger partial charge >= 0.3 is 5.97 Å². The van der Waals surface area contributed by atoms with E-state index in [0.29, 0.717) is 18.9 Å². The Labute approximate surface area is 98.2 Å². The van der Waals surface area contributed by atoms with Gasteiger partial charge in [0.15, 0.2) is 0 Å². The van der Waals surface area contributed by atoms with Crippen LogP contribution in [0.5, 0.6) is 0 Å². The fraction of sp³-hybridized carbons (Fsp3) is 0.923. The summed E-state index contributed by atoms with van der Waals surface area (Å²) in [7, 11) is 0. The van der Waals surface area contributed by atoms with Crippen LogP contribution in [0.2, 0.25) is 0 Å². The SMILES string of the molecule is CCOC(=O)C[C@H](C1CCCCC1)[C@@H](C)O. The van der Waals surface area contributed by atoms with Gasteiger partial charge in [-0.15, -0.1) is 0 Å². The van der Waals surface area contributed by atoms with E-state index in [2.05, 4.69) is 0 Å². The van der Waals surface area contributed by atoms with Crippen molar-refractivity contribution in [3.8, 4) is 0 Å². The molecule has 1 fully saturated rings. The Morgan fingerprint density at radius 2 is 2.00 bits per heavy atom. The minimum atomic E-state index is -0.410. The lowest BCUT2D eigenvalue weighted by Crippen LogP contribution is -2.30. The van der Waals surface area contributed by atoms with E-state index in [1.807, 2.05) is 6.92 Å². The fourth-order valence-electron chi connectivity index (χ4n) is 2.71. The number of aliphatic hydroxyl groups excluding tert-OH is 1. The van der Waals surface area contributed by atoms with Gasteiger partial charge in [-0.2, -0.15) is 0 Å². The van der Waals surface area contributed by atoms with Gasteiger partial charge in [0, 0.05) is 0 Å². The zero-order valence-corrected chi connectivity index (χ0v) is 10.4. The van der Waals surface area contributed by atoms with Crippen LogP contribution in [0.4, 0.5) is 0 Å². The summed E-state index contributed by atoms with van der Waals surface area (Å²) in [6.07, 6.45) is 6.02. The van der Waals surface area contributed by atoms with E-state index in [1.165, 1.54) is 19.3 Å². The first kappa shape index (κ1) is 13.5. The van der Waals surface area contributed by atoms with E-state index in [9.17, 15) is 9.90 Å². The van der Waals surface area contributed by atoms with Crippen LogP contribution in [0.1, 0.15) is 52.4 Å². The molecule has 0 bridgehead atoms. The molecule has 1 rings (SSSR count). The molecular formula is C13H24O3. The summed E-state index contributed by atoms with van der Waals surface area (Å²) < 4.78 is 4.96. The number of aliphatic hydroxyl groups is 1. The number of hydrogen-bond donors (Lipinski definition) is 1. The predicted octanol–water partition coefficient (Wildman–Crippen LogP) is 2.52. The quantitative estimate of drug-likeness (QED) is 0.735. The Kier molecular flexibility index (Phi) is 5.81. The van der Waals surface area contributed by atoms with Crippen molar-refractivity contribution in [3.63, 3.8) is 0 Å². The van der Waals surface area contributed by atoms with E-state index >= 15 is 0 Å². The number of hydrogen-bond acceptors (Lipinski definition) is 3. The van der Waals surface area contributed by atoms with Crippen LogP contribution < -0.4 is 0 Å². The Hall–Kier alpha value is -0.570. The van der Waals surface area contributed by atoms with Gasteiger partial charge in [0.25, 0.3) is 0 Å². The molecule has 0 aliphatic heterocycles. The largest absolute Gasteiger partial charge is 0.466 e. The van der Waals surface area contributed by atoms with Gasteiger partial charge in [-0.3, -0.25) is 4.79 Å². The molecule has 0 aromatic rings. The molecule has 0 unspecified atom stereocenters. The topological polar surface area (TPSA) is 46.5 Å². The summed E-state index contributed by atoms with van der Waals surface area (Å²) in [5.74, 6) is 0.413. The minimum absolute atomic E-state index is 0.0827. The third-order valence-corrected chi connectivity index (χ3v) is 3.58. The fourth-order valence-corrected chi connectivity index (χ4v) is 2.71. The summed E-state index contributed by atoms with van der Waals surface area (Å²) in [5.41, 5.74) is 0. The van der Waals surface area contributed by atoms with Gasteiger partial charge in [0.1, 0.15) is 0 Å². The maximum Gasteiger partial charge on any atom is 0.306 e. The molecule has 0 saturated heterocycles. The summed E-state index contributed by atoms with van der Waals surface area (Å²) in [4.78, 5) is 11.5. The first-order valence-corrected chi connectivity index (χ1v) is 6.48. The van der Waals surface area contributed by atoms with Gasteiger partial charge in [-0.05, 0) is 25.7 Å². The average Bonchev–Trinajstić information content (AvgIpc) is 2.27. The Bertz CT molecular complexity index is 207. The van der Waals surface area contributed by atoms with Crippen molar-refractivity contribution in [2.24, 2.45) is 11.8 Å². The average molecular weight is 228 g/mol. The van der Waals surface area contributed by atoms with Gasteiger partial charge in [0.05, 0.1) is 19.1 Å². The molecule has 0 aromatic heterocycles. The van der Waals surface area contributed by atoms with Crippen LogP contribution in [-0.4, -0.2) is 23.8 Å². The van der Waals surface area contributed by atoms with E-state index < -0.39 is 6.10 Å². The van der Waals surface area contributed by atoms with Crippen molar-refractivity contribution in [1.82, 2.24) is 0 Å². The van der Waals surface area contributed by atoms with E-state index in [0.717, 1.165) is 12.8 Å². The lowest BCUT2D eigenvalue weighted by atomic mass is 9.76. The van der Waals surface area contributed by atoms with E-state index in [-0.39, 0.29) is 11.9 Å². The summed E-state index contributed by atoms with van der Waals surface area (Å²) in [5, 5.41) is 9.77. The molecule has 2 atom stereocenters. The highest BCUT2D eigenvalue weighted by atomic mass is 16.5. The molecule has 3 nitrogen and oxygen atoms in total. The molecular weight excluding hydrogens is 204 g/mol. The molecule has 0 aromatic carbocycles. The second-order valence-corrected chi connectivity index (χ2v) is 4.81. The van der Waals surface area contributed by atoms with Crippen molar-refractivity contribution < 1.29 is 14.6 Å². The van der Waals surface area contributed by atoms with E-state index in [4.69, 9.17) is 4.74 Å². The summed E-state index contributed by atoms with van der Waals surface area (Å²) in [6.45, 7) is 4.03. The zero-order chi connectivity index (χ0) is 12.0. The monoisotopic (exact) mass is 228 g/mol. The van der Waals surface area contributed by atoms with Crippen LogP contribution in [0.3, 0.4) is 0 Å². The number of esters is 1. The lowest BCUT2D eigenvalue weighted by molar-refractivity contribution is -0.146. The number of carbonyl (C=O) groups excluding carboxylic acids is 1. The smallest absolute Gasteiger partial charge is 0.306 e. The Morgan fingerprint density at radius 1 is 1.38 bits per heavy atom. The molecule has 1 aliphatic rings. The van der Waals surface area contributed by atoms with Crippen molar-refractivity contribution in [1.29, 1.82) is 0 Å². The molecule has 1 aliphatic carbocycles. The second kappa shape index (κ2) is 6.89. The highest BCUT2D eigenvalue weighted by Crippen LogP contribution is 2.33. The zero-order valence-electron chi connectivity index (χ0n) is 10.4. The molecule has 0 spiro atoms. The first-order valence-electron chi connectivity index (χ1n) is 6.48. The Morgan fingerprint density at radius 3 is 2.50 bits per heavy atom. The van der Waals surface area contributed by atoms with Crippen LogP contribution in [0.25, 0.3) is 0 Å². The molecule has 0 heterocycles. The lowest BCUT2D eigenvalue weighted by Gasteiger charge is -2.31. The van der Waals surface area contributed by atoms with Crippen LogP contribution in [0.15, 0.2) is 0 Å². The number of carbonyl (C=O) groups is 1. The van der Waals surface area contributed by atoms with Gasteiger partial charge in [0.2, 0.25) is 0 Å². The van der Waals surface area contributed by atoms with Gasteiger partial charge in [-0.1, -0.05) is 32.1 Å². The normalized spacial score (nSPS) is 21.4. The first-order chi connectivity index (χ1) is 7.65. The molecule has 94 valence electrons. The van der Waals surface area contributed by atoms with Crippen LogP contribution >= 0.6 is 0 Å². The van der Waals surface area contributed by atoms with Crippen LogP contribution in [-0.2, 0) is 9.53 Å². The molecule has 1 N–H and O–H groups in total. The maximum absolute atomic E-state index is 11.5. The molecule has 1 saturated carbocycles. The summed E-state index contributed by atoms with van der Waals surface area (Å²) in [6, 6.07) is 0. The molecule has 0 amide bonds. The highest BCUT2D eigenvalue weighted by Gasteiger charge is 2.29. The number of rotatable bonds is 5. The highest BCUT2D eigenvalue weighted by molar-refractivity contribution is 5.69. The predicted molar refractivity (Wildman–Crippen MR) is 63.0 cm³/mol. The Balaban J connectivity index is 2.48. The standard InChI is InChI=1S/C13H24O3/c1-3-16-13(15)9-12(10(2)14)11-7-5-4-6-8-11/h10-12,14H,3-9H2,1-2H3/t10-,12+/m1/s1. The van der Waals surface area contributed by atoms with Crippen molar-refractivity contribution >= 4 is 5.97 Å². The van der Waals surface area contributed by atoms with Crippen molar-refractivity contribution in [3.05, 3.63) is 0 Å². The van der Waals surface area contributed by atoms with E-state index in [1.54, 1.807) is 6.92 Å². The maximum atomic E-state index is 11.5. The van der Waals surface area contributed by atoms with Crippen LogP contribution in [0, 0.1) is 11.8 Å². The minimum Gasteiger partial charge on any atom is -0.466 e.